The molecule has 0 bridgehead atoms. The first kappa shape index (κ1) is 22.6. The van der Waals surface area contributed by atoms with E-state index in [1.165, 1.54) is 5.56 Å². The first-order chi connectivity index (χ1) is 16.0. The van der Waals surface area contributed by atoms with Crippen molar-refractivity contribution in [1.29, 1.82) is 0 Å². The van der Waals surface area contributed by atoms with Crippen LogP contribution in [0.1, 0.15) is 49.6 Å². The number of rotatable bonds is 9. The van der Waals surface area contributed by atoms with Crippen molar-refractivity contribution in [2.45, 2.75) is 53.0 Å². The normalized spacial score (nSPS) is 14.4. The van der Waals surface area contributed by atoms with Gasteiger partial charge < -0.3 is 24.0 Å². The Kier molecular flexibility index (Phi) is 6.82. The average molecular weight is 447 g/mol. The molecule has 1 aliphatic heterocycles. The smallest absolute Gasteiger partial charge is 0.374 e. The third-order valence-electron chi connectivity index (χ3n) is 5.83. The van der Waals surface area contributed by atoms with Crippen LogP contribution in [0.4, 0.5) is 5.69 Å². The van der Waals surface area contributed by atoms with E-state index in [9.17, 15) is 9.90 Å². The van der Waals surface area contributed by atoms with E-state index < -0.39 is 5.97 Å². The van der Waals surface area contributed by atoms with Crippen LogP contribution in [-0.4, -0.2) is 12.5 Å². The van der Waals surface area contributed by atoms with Crippen LogP contribution in [0, 0.1) is 13.8 Å². The molecule has 2 heterocycles. The number of carbonyl (C=O) groups excluding carboxylic acids is 1. The highest BCUT2D eigenvalue weighted by Gasteiger charge is 2.25. The fraction of sp³-hybridized carbons (Fsp3) is 0.333. The summed E-state index contributed by atoms with van der Waals surface area (Å²) in [5, 5.41) is 10.7. The molecule has 0 amide bonds. The summed E-state index contributed by atoms with van der Waals surface area (Å²) in [5.74, 6) is 1.42. The first-order valence-corrected chi connectivity index (χ1v) is 11.5. The topological polar surface area (TPSA) is 69.6 Å². The molecule has 1 aromatic heterocycles. The van der Waals surface area contributed by atoms with Crippen LogP contribution in [0.5, 0.6) is 5.75 Å². The molecule has 0 atom stereocenters. The number of fused-ring (bicyclic) bond motifs is 2. The van der Waals surface area contributed by atoms with Crippen molar-refractivity contribution in [1.82, 2.24) is 0 Å². The third kappa shape index (κ3) is 5.11. The third-order valence-corrected chi connectivity index (χ3v) is 5.83. The largest absolute Gasteiger partial charge is 0.550 e. The van der Waals surface area contributed by atoms with Gasteiger partial charge in [-0.25, -0.2) is 0 Å². The summed E-state index contributed by atoms with van der Waals surface area (Å²) in [4.78, 5) is 12.8. The maximum Gasteiger partial charge on any atom is 0.374 e. The monoisotopic (exact) mass is 446 g/mol. The van der Waals surface area contributed by atoms with Crippen LogP contribution in [0.25, 0.3) is 17.2 Å². The zero-order valence-corrected chi connectivity index (χ0v) is 19.5. The summed E-state index contributed by atoms with van der Waals surface area (Å²) in [5.41, 5.74) is 5.32. The van der Waals surface area contributed by atoms with Gasteiger partial charge in [-0.15, -0.1) is 0 Å². The molecule has 0 spiro atoms. The van der Waals surface area contributed by atoms with Crippen molar-refractivity contribution in [3.8, 4) is 5.75 Å². The lowest BCUT2D eigenvalue weighted by Gasteiger charge is -2.15. The summed E-state index contributed by atoms with van der Waals surface area (Å²) >= 11 is 0. The van der Waals surface area contributed by atoms with Gasteiger partial charge in [-0.05, 0) is 81.5 Å². The number of benzene rings is 2. The molecular formula is C27H30N2O4. The van der Waals surface area contributed by atoms with E-state index in [1.807, 2.05) is 36.4 Å². The molecule has 0 saturated carbocycles. The highest BCUT2D eigenvalue weighted by Crippen LogP contribution is 2.39. The maximum absolute atomic E-state index is 10.7. The molecule has 0 saturated heterocycles. The Morgan fingerprint density at radius 3 is 2.67 bits per heavy atom. The van der Waals surface area contributed by atoms with Gasteiger partial charge in [-0.1, -0.05) is 12.1 Å². The Bertz CT molecular complexity index is 1220. The molecule has 4 rings (SSSR count). The number of aliphatic carboxylic acids is 1. The molecule has 172 valence electrons. The number of hydrogen-bond acceptors (Lipinski definition) is 5. The highest BCUT2D eigenvalue weighted by molar-refractivity contribution is 5.71. The summed E-state index contributed by atoms with van der Waals surface area (Å²) < 4.78 is 14.4. The molecule has 0 fully saturated rings. The number of hydrogen-bond donors (Lipinski definition) is 0. The molecule has 6 heteroatoms. The van der Waals surface area contributed by atoms with Gasteiger partial charge in [0.1, 0.15) is 0 Å². The fourth-order valence-corrected chi connectivity index (χ4v) is 4.16. The molecule has 1 aliphatic rings. The Morgan fingerprint density at radius 1 is 1.09 bits per heavy atom. The van der Waals surface area contributed by atoms with E-state index in [-0.39, 0.29) is 6.42 Å². The number of oxazole rings is 1. The van der Waals surface area contributed by atoms with Crippen molar-refractivity contribution >= 4 is 28.8 Å². The lowest BCUT2D eigenvalue weighted by Crippen LogP contribution is -2.35. The zero-order chi connectivity index (χ0) is 23.4. The van der Waals surface area contributed by atoms with Crippen molar-refractivity contribution in [3.05, 3.63) is 71.5 Å². The minimum atomic E-state index is -0.990. The predicted molar refractivity (Wildman–Crippen MR) is 127 cm³/mol. The minimum Gasteiger partial charge on any atom is -0.550 e. The molecular weight excluding hydrogens is 416 g/mol. The zero-order valence-electron chi connectivity index (χ0n) is 19.5. The quantitative estimate of drug-likeness (QED) is 0.359. The van der Waals surface area contributed by atoms with E-state index in [0.717, 1.165) is 65.8 Å². The van der Waals surface area contributed by atoms with Gasteiger partial charge in [0.2, 0.25) is 11.5 Å². The SMILES string of the molecule is CCN1/C(=C\C=C\c2oc3ccc(C)cc3[n+]2CCCCCC(=O)[O-])Oc2ccc(C)cc21. The molecule has 33 heavy (non-hydrogen) atoms. The highest BCUT2D eigenvalue weighted by atomic mass is 16.5. The van der Waals surface area contributed by atoms with Crippen LogP contribution in [-0.2, 0) is 11.3 Å². The molecule has 2 aromatic carbocycles. The second kappa shape index (κ2) is 9.94. The summed E-state index contributed by atoms with van der Waals surface area (Å²) in [7, 11) is 0. The Labute approximate surface area is 194 Å². The summed E-state index contributed by atoms with van der Waals surface area (Å²) in [6.07, 6.45) is 8.28. The number of allylic oxidation sites excluding steroid dienone is 2. The maximum atomic E-state index is 10.7. The van der Waals surface area contributed by atoms with Gasteiger partial charge in [-0.3, -0.25) is 0 Å². The van der Waals surface area contributed by atoms with Crippen LogP contribution >= 0.6 is 0 Å². The Hall–Kier alpha value is -3.54. The molecule has 3 aromatic rings. The van der Waals surface area contributed by atoms with Crippen LogP contribution in [0.2, 0.25) is 0 Å². The number of anilines is 1. The number of nitrogens with zero attached hydrogens (tertiary/aromatic N) is 2. The first-order valence-electron chi connectivity index (χ1n) is 11.5. The number of carbonyl (C=O) groups is 1. The van der Waals surface area contributed by atoms with E-state index in [4.69, 9.17) is 9.15 Å². The van der Waals surface area contributed by atoms with Gasteiger partial charge in [0, 0.05) is 25.0 Å². The fourth-order valence-electron chi connectivity index (χ4n) is 4.16. The number of carboxylic acid groups (broad SMARTS) is 1. The predicted octanol–water partition coefficient (Wildman–Crippen LogP) is 4.42. The van der Waals surface area contributed by atoms with E-state index in [0.29, 0.717) is 6.42 Å². The summed E-state index contributed by atoms with van der Waals surface area (Å²) in [6.45, 7) is 7.81. The van der Waals surface area contributed by atoms with E-state index >= 15 is 0 Å². The summed E-state index contributed by atoms with van der Waals surface area (Å²) in [6, 6.07) is 12.3. The van der Waals surface area contributed by atoms with Gasteiger partial charge >= 0.3 is 5.89 Å². The lowest BCUT2D eigenvalue weighted by molar-refractivity contribution is -0.678. The number of carboxylic acids is 1. The molecule has 6 nitrogen and oxygen atoms in total. The number of ether oxygens (including phenoxy) is 1. The molecule has 0 aliphatic carbocycles. The van der Waals surface area contributed by atoms with Crippen LogP contribution in [0.15, 0.2) is 58.9 Å². The Balaban J connectivity index is 1.55. The lowest BCUT2D eigenvalue weighted by atomic mass is 10.2. The van der Waals surface area contributed by atoms with Crippen LogP contribution in [0.3, 0.4) is 0 Å². The van der Waals surface area contributed by atoms with Gasteiger partial charge in [0.15, 0.2) is 12.3 Å². The van der Waals surface area contributed by atoms with E-state index in [1.54, 1.807) is 0 Å². The van der Waals surface area contributed by atoms with Crippen LogP contribution < -0.4 is 19.3 Å². The van der Waals surface area contributed by atoms with Crippen molar-refractivity contribution in [3.63, 3.8) is 0 Å². The average Bonchev–Trinajstić information content (AvgIpc) is 3.30. The van der Waals surface area contributed by atoms with Gasteiger partial charge in [-0.2, -0.15) is 4.57 Å². The van der Waals surface area contributed by atoms with Crippen molar-refractivity contribution < 1.29 is 23.6 Å². The second-order valence-electron chi connectivity index (χ2n) is 8.43. The molecule has 0 unspecified atom stereocenters. The van der Waals surface area contributed by atoms with E-state index in [2.05, 4.69) is 48.4 Å². The second-order valence-corrected chi connectivity index (χ2v) is 8.43. The number of aromatic nitrogens is 1. The molecule has 0 N–H and O–H groups in total. The number of aryl methyl sites for hydroxylation is 3. The Morgan fingerprint density at radius 2 is 1.88 bits per heavy atom. The van der Waals surface area contributed by atoms with Crippen molar-refractivity contribution in [2.24, 2.45) is 0 Å². The van der Waals surface area contributed by atoms with Gasteiger partial charge in [0.25, 0.3) is 5.52 Å². The number of unbranched alkanes of at least 4 members (excludes halogenated alkanes) is 2. The van der Waals surface area contributed by atoms with Gasteiger partial charge in [0.05, 0.1) is 11.8 Å². The molecule has 0 radical (unpaired) electrons. The standard InChI is InChI=1S/C27H30N2O4/c1-4-28-21-17-19(2)12-14-23(21)32-25(28)9-8-10-26-29(16-7-5-6-11-27(30)31)22-18-20(3)13-15-24(22)33-26/h8-10,12-15,17-18H,4-7,11,16H2,1-3H3. The minimum absolute atomic E-state index is 0.103. The van der Waals surface area contributed by atoms with Crippen molar-refractivity contribution in [2.75, 3.05) is 11.4 Å².